The molecule has 2 rings (SSSR count). The summed E-state index contributed by atoms with van der Waals surface area (Å²) >= 11 is 0. The van der Waals surface area contributed by atoms with Gasteiger partial charge in [0.15, 0.2) is 5.78 Å². The van der Waals surface area contributed by atoms with Gasteiger partial charge in [-0.25, -0.2) is 4.39 Å². The van der Waals surface area contributed by atoms with Crippen molar-refractivity contribution in [1.82, 2.24) is 9.80 Å². The standard InChI is InChI=1S/C15H21FN2O/c1-11-6-12(8-13(16)7-11)15(19)9-14-10-17(2)4-5-18(14)3/h6-8,14H,4-5,9-10H2,1-3H3. The summed E-state index contributed by atoms with van der Waals surface area (Å²) in [5, 5.41) is 0. The Balaban J connectivity index is 2.07. The molecule has 1 aliphatic heterocycles. The van der Waals surface area contributed by atoms with Crippen LogP contribution in [0.4, 0.5) is 4.39 Å². The van der Waals surface area contributed by atoms with Gasteiger partial charge in [0.05, 0.1) is 0 Å². The van der Waals surface area contributed by atoms with E-state index in [1.165, 1.54) is 12.1 Å². The van der Waals surface area contributed by atoms with Crippen LogP contribution in [0.3, 0.4) is 0 Å². The number of ketones is 1. The second-order valence-electron chi connectivity index (χ2n) is 5.54. The van der Waals surface area contributed by atoms with Crippen LogP contribution < -0.4 is 0 Å². The SMILES string of the molecule is Cc1cc(F)cc(C(=O)CC2CN(C)CCN2C)c1. The van der Waals surface area contributed by atoms with Gasteiger partial charge in [-0.2, -0.15) is 0 Å². The van der Waals surface area contributed by atoms with Crippen molar-refractivity contribution < 1.29 is 9.18 Å². The lowest BCUT2D eigenvalue weighted by molar-refractivity contribution is 0.0809. The molecular weight excluding hydrogens is 243 g/mol. The third-order valence-electron chi connectivity index (χ3n) is 3.77. The van der Waals surface area contributed by atoms with E-state index in [0.29, 0.717) is 12.0 Å². The molecule has 0 spiro atoms. The van der Waals surface area contributed by atoms with Crippen molar-refractivity contribution in [3.05, 3.63) is 35.1 Å². The molecule has 0 aliphatic carbocycles. The summed E-state index contributed by atoms with van der Waals surface area (Å²) in [6, 6.07) is 4.76. The van der Waals surface area contributed by atoms with Crippen molar-refractivity contribution in [1.29, 1.82) is 0 Å². The Labute approximate surface area is 114 Å². The van der Waals surface area contributed by atoms with E-state index in [1.807, 2.05) is 7.05 Å². The van der Waals surface area contributed by atoms with Crippen LogP contribution in [-0.4, -0.2) is 55.4 Å². The fourth-order valence-corrected chi connectivity index (χ4v) is 2.55. The molecule has 104 valence electrons. The highest BCUT2D eigenvalue weighted by atomic mass is 19.1. The highest BCUT2D eigenvalue weighted by Crippen LogP contribution is 2.15. The number of Topliss-reactive ketones (excluding diaryl/α,β-unsaturated/α-hetero) is 1. The lowest BCUT2D eigenvalue weighted by Gasteiger charge is -2.37. The van der Waals surface area contributed by atoms with Crippen molar-refractivity contribution in [2.75, 3.05) is 33.7 Å². The Morgan fingerprint density at radius 3 is 2.74 bits per heavy atom. The Morgan fingerprint density at radius 2 is 2.05 bits per heavy atom. The van der Waals surface area contributed by atoms with Gasteiger partial charge in [0, 0.05) is 37.7 Å². The summed E-state index contributed by atoms with van der Waals surface area (Å²) in [6.45, 7) is 4.69. The first-order valence-corrected chi connectivity index (χ1v) is 6.65. The largest absolute Gasteiger partial charge is 0.304 e. The maximum atomic E-state index is 13.3. The molecule has 0 bridgehead atoms. The Hall–Kier alpha value is -1.26. The zero-order valence-electron chi connectivity index (χ0n) is 11.8. The van der Waals surface area contributed by atoms with Crippen LogP contribution in [0, 0.1) is 12.7 Å². The van der Waals surface area contributed by atoms with Gasteiger partial charge in [0.25, 0.3) is 0 Å². The zero-order valence-corrected chi connectivity index (χ0v) is 11.8. The molecule has 0 amide bonds. The maximum absolute atomic E-state index is 13.3. The molecule has 1 saturated heterocycles. The zero-order chi connectivity index (χ0) is 14.0. The number of nitrogens with zero attached hydrogens (tertiary/aromatic N) is 2. The molecule has 1 fully saturated rings. The third kappa shape index (κ3) is 3.61. The summed E-state index contributed by atoms with van der Waals surface area (Å²) in [5.41, 5.74) is 1.27. The lowest BCUT2D eigenvalue weighted by Crippen LogP contribution is -2.50. The number of benzene rings is 1. The molecule has 1 heterocycles. The molecule has 3 nitrogen and oxygen atoms in total. The van der Waals surface area contributed by atoms with Gasteiger partial charge in [0.1, 0.15) is 5.82 Å². The lowest BCUT2D eigenvalue weighted by atomic mass is 10.00. The molecule has 0 radical (unpaired) electrons. The number of piperazine rings is 1. The van der Waals surface area contributed by atoms with E-state index in [4.69, 9.17) is 0 Å². The Bertz CT molecular complexity index is 455. The normalized spacial score (nSPS) is 21.6. The second kappa shape index (κ2) is 5.80. The highest BCUT2D eigenvalue weighted by molar-refractivity contribution is 5.96. The van der Waals surface area contributed by atoms with E-state index in [0.717, 1.165) is 25.2 Å². The number of rotatable bonds is 3. The highest BCUT2D eigenvalue weighted by Gasteiger charge is 2.25. The van der Waals surface area contributed by atoms with Crippen LogP contribution >= 0.6 is 0 Å². The van der Waals surface area contributed by atoms with Gasteiger partial charge in [0.2, 0.25) is 0 Å². The minimum Gasteiger partial charge on any atom is -0.304 e. The van der Waals surface area contributed by atoms with E-state index in [1.54, 1.807) is 13.0 Å². The molecule has 0 aromatic heterocycles. The Morgan fingerprint density at radius 1 is 1.32 bits per heavy atom. The Kier molecular flexibility index (Phi) is 4.32. The van der Waals surface area contributed by atoms with Gasteiger partial charge in [-0.1, -0.05) is 0 Å². The van der Waals surface area contributed by atoms with Crippen LogP contribution in [0.25, 0.3) is 0 Å². The number of carbonyl (C=O) groups excluding carboxylic acids is 1. The topological polar surface area (TPSA) is 23.6 Å². The molecular formula is C15H21FN2O. The molecule has 1 aromatic rings. The maximum Gasteiger partial charge on any atom is 0.164 e. The predicted octanol–water partition coefficient (Wildman–Crippen LogP) is 1.95. The fraction of sp³-hybridized carbons (Fsp3) is 0.533. The summed E-state index contributed by atoms with van der Waals surface area (Å²) in [7, 11) is 4.11. The number of hydrogen-bond acceptors (Lipinski definition) is 3. The van der Waals surface area contributed by atoms with E-state index < -0.39 is 0 Å². The molecule has 1 atom stereocenters. The number of hydrogen-bond donors (Lipinski definition) is 0. The number of halogens is 1. The molecule has 19 heavy (non-hydrogen) atoms. The first-order chi connectivity index (χ1) is 8.95. The molecule has 0 N–H and O–H groups in total. The molecule has 1 aliphatic rings. The van der Waals surface area contributed by atoms with Gasteiger partial charge in [-0.05, 0) is 44.8 Å². The first kappa shape index (κ1) is 14.2. The summed E-state index contributed by atoms with van der Waals surface area (Å²) in [5.74, 6) is -0.313. The van der Waals surface area contributed by atoms with Crippen LogP contribution in [0.15, 0.2) is 18.2 Å². The number of carbonyl (C=O) groups is 1. The monoisotopic (exact) mass is 264 g/mol. The molecule has 0 saturated carbocycles. The van der Waals surface area contributed by atoms with Crippen LogP contribution in [0.2, 0.25) is 0 Å². The van der Waals surface area contributed by atoms with Crippen molar-refractivity contribution >= 4 is 5.78 Å². The van der Waals surface area contributed by atoms with E-state index in [9.17, 15) is 9.18 Å². The van der Waals surface area contributed by atoms with Gasteiger partial charge in [-0.15, -0.1) is 0 Å². The van der Waals surface area contributed by atoms with Gasteiger partial charge < -0.3 is 9.80 Å². The number of aryl methyl sites for hydroxylation is 1. The third-order valence-corrected chi connectivity index (χ3v) is 3.77. The molecule has 1 unspecified atom stereocenters. The van der Waals surface area contributed by atoms with Gasteiger partial charge >= 0.3 is 0 Å². The van der Waals surface area contributed by atoms with Crippen molar-refractivity contribution in [2.45, 2.75) is 19.4 Å². The molecule has 4 heteroatoms. The van der Waals surface area contributed by atoms with Crippen molar-refractivity contribution in [3.8, 4) is 0 Å². The van der Waals surface area contributed by atoms with Crippen LogP contribution in [0.5, 0.6) is 0 Å². The van der Waals surface area contributed by atoms with Gasteiger partial charge in [-0.3, -0.25) is 4.79 Å². The average Bonchev–Trinajstić information content (AvgIpc) is 2.32. The fourth-order valence-electron chi connectivity index (χ4n) is 2.55. The number of likely N-dealkylation sites (N-methyl/N-ethyl adjacent to an activating group) is 2. The van der Waals surface area contributed by atoms with Crippen molar-refractivity contribution in [2.24, 2.45) is 0 Å². The second-order valence-corrected chi connectivity index (χ2v) is 5.54. The van der Waals surface area contributed by atoms with Crippen molar-refractivity contribution in [3.63, 3.8) is 0 Å². The van der Waals surface area contributed by atoms with Crippen LogP contribution in [0.1, 0.15) is 22.3 Å². The van der Waals surface area contributed by atoms with E-state index >= 15 is 0 Å². The summed E-state index contributed by atoms with van der Waals surface area (Å²) < 4.78 is 13.3. The van der Waals surface area contributed by atoms with Crippen LogP contribution in [-0.2, 0) is 0 Å². The predicted molar refractivity (Wildman–Crippen MR) is 74.0 cm³/mol. The quantitative estimate of drug-likeness (QED) is 0.780. The van der Waals surface area contributed by atoms with E-state index in [2.05, 4.69) is 16.8 Å². The molecule has 1 aromatic carbocycles. The first-order valence-electron chi connectivity index (χ1n) is 6.65. The summed E-state index contributed by atoms with van der Waals surface area (Å²) in [6.07, 6.45) is 0.448. The minimum absolute atomic E-state index is 0.0229. The smallest absolute Gasteiger partial charge is 0.164 e. The summed E-state index contributed by atoms with van der Waals surface area (Å²) in [4.78, 5) is 16.7. The van der Waals surface area contributed by atoms with E-state index in [-0.39, 0.29) is 17.6 Å². The average molecular weight is 264 g/mol. The minimum atomic E-state index is -0.336.